The Morgan fingerprint density at radius 1 is 1.12 bits per heavy atom. The SMILES string of the molecule is CNc1ncc(CN(C)CC2(c3ccc(C)cn3)CCNCC2)cn1. The Bertz CT molecular complexity index is 661. The van der Waals surface area contributed by atoms with Gasteiger partial charge in [-0.1, -0.05) is 6.07 Å². The number of hydrogen-bond donors (Lipinski definition) is 2. The van der Waals surface area contributed by atoms with Gasteiger partial charge in [0.25, 0.3) is 0 Å². The summed E-state index contributed by atoms with van der Waals surface area (Å²) in [4.78, 5) is 15.8. The van der Waals surface area contributed by atoms with Gasteiger partial charge in [0.2, 0.25) is 5.95 Å². The molecule has 0 radical (unpaired) electrons. The van der Waals surface area contributed by atoms with Gasteiger partial charge < -0.3 is 15.5 Å². The molecule has 25 heavy (non-hydrogen) atoms. The van der Waals surface area contributed by atoms with E-state index in [9.17, 15) is 0 Å². The van der Waals surface area contributed by atoms with Crippen LogP contribution in [0.3, 0.4) is 0 Å². The van der Waals surface area contributed by atoms with Gasteiger partial charge in [-0.05, 0) is 51.5 Å². The molecule has 6 heteroatoms. The van der Waals surface area contributed by atoms with E-state index in [0.29, 0.717) is 5.95 Å². The van der Waals surface area contributed by atoms with Crippen molar-refractivity contribution in [1.82, 2.24) is 25.2 Å². The van der Waals surface area contributed by atoms with Crippen molar-refractivity contribution in [2.45, 2.75) is 31.7 Å². The predicted octanol–water partition coefficient (Wildman–Crippen LogP) is 1.97. The first-order valence-corrected chi connectivity index (χ1v) is 8.92. The Kier molecular flexibility index (Phi) is 5.60. The number of rotatable bonds is 6. The van der Waals surface area contributed by atoms with E-state index < -0.39 is 0 Å². The minimum absolute atomic E-state index is 0.111. The Morgan fingerprint density at radius 3 is 2.44 bits per heavy atom. The number of hydrogen-bond acceptors (Lipinski definition) is 6. The summed E-state index contributed by atoms with van der Waals surface area (Å²) in [7, 11) is 4.00. The second-order valence-electron chi connectivity index (χ2n) is 7.09. The third-order valence-corrected chi connectivity index (χ3v) is 4.97. The molecule has 3 rings (SSSR count). The fraction of sp³-hybridized carbons (Fsp3) is 0.526. The normalized spacial score (nSPS) is 16.8. The van der Waals surface area contributed by atoms with Gasteiger partial charge >= 0.3 is 0 Å². The minimum Gasteiger partial charge on any atom is -0.357 e. The van der Waals surface area contributed by atoms with Gasteiger partial charge in [0.05, 0.1) is 0 Å². The van der Waals surface area contributed by atoms with Crippen molar-refractivity contribution in [2.24, 2.45) is 0 Å². The largest absolute Gasteiger partial charge is 0.357 e. The predicted molar refractivity (Wildman–Crippen MR) is 101 cm³/mol. The lowest BCUT2D eigenvalue weighted by molar-refractivity contribution is 0.191. The molecule has 3 heterocycles. The summed E-state index contributed by atoms with van der Waals surface area (Å²) in [6.45, 7) is 6.00. The molecular formula is C19H28N6. The third-order valence-electron chi connectivity index (χ3n) is 4.97. The molecule has 0 unspecified atom stereocenters. The van der Waals surface area contributed by atoms with E-state index in [1.54, 1.807) is 0 Å². The van der Waals surface area contributed by atoms with E-state index in [1.165, 1.54) is 11.3 Å². The number of nitrogens with zero attached hydrogens (tertiary/aromatic N) is 4. The lowest BCUT2D eigenvalue weighted by Crippen LogP contribution is -2.47. The number of aromatic nitrogens is 3. The molecule has 0 amide bonds. The molecule has 0 spiro atoms. The molecule has 134 valence electrons. The lowest BCUT2D eigenvalue weighted by Gasteiger charge is -2.40. The summed E-state index contributed by atoms with van der Waals surface area (Å²) in [5.74, 6) is 0.657. The highest BCUT2D eigenvalue weighted by Crippen LogP contribution is 2.33. The fourth-order valence-electron chi connectivity index (χ4n) is 3.63. The average Bonchev–Trinajstić information content (AvgIpc) is 2.63. The number of anilines is 1. The zero-order valence-electron chi connectivity index (χ0n) is 15.4. The van der Waals surface area contributed by atoms with Crippen LogP contribution in [0.5, 0.6) is 0 Å². The maximum atomic E-state index is 4.77. The van der Waals surface area contributed by atoms with Gasteiger partial charge in [0.1, 0.15) is 0 Å². The van der Waals surface area contributed by atoms with Crippen LogP contribution in [0.25, 0.3) is 0 Å². The van der Waals surface area contributed by atoms with Crippen LogP contribution >= 0.6 is 0 Å². The molecule has 1 aliphatic heterocycles. The Morgan fingerprint density at radius 2 is 1.84 bits per heavy atom. The molecule has 0 bridgehead atoms. The van der Waals surface area contributed by atoms with Crippen LogP contribution in [-0.2, 0) is 12.0 Å². The first kappa shape index (κ1) is 17.8. The maximum absolute atomic E-state index is 4.77. The number of piperidine rings is 1. The molecule has 2 aromatic rings. The Labute approximate surface area is 150 Å². The van der Waals surface area contributed by atoms with E-state index >= 15 is 0 Å². The highest BCUT2D eigenvalue weighted by Gasteiger charge is 2.36. The number of pyridine rings is 1. The second-order valence-corrected chi connectivity index (χ2v) is 7.09. The third kappa shape index (κ3) is 4.32. The van der Waals surface area contributed by atoms with Crippen molar-refractivity contribution < 1.29 is 0 Å². The van der Waals surface area contributed by atoms with Gasteiger partial charge in [0, 0.05) is 55.4 Å². The minimum atomic E-state index is 0.111. The van der Waals surface area contributed by atoms with Crippen LogP contribution in [-0.4, -0.2) is 53.6 Å². The summed E-state index contributed by atoms with van der Waals surface area (Å²) in [5.41, 5.74) is 3.66. The summed E-state index contributed by atoms with van der Waals surface area (Å²) in [6.07, 6.45) is 8.01. The zero-order chi connectivity index (χ0) is 17.7. The highest BCUT2D eigenvalue weighted by atomic mass is 15.1. The van der Waals surface area contributed by atoms with Crippen molar-refractivity contribution in [3.63, 3.8) is 0 Å². The summed E-state index contributed by atoms with van der Waals surface area (Å²) in [5, 5.41) is 6.44. The standard InChI is InChI=1S/C19H28N6/c1-15-4-5-17(22-10-15)19(6-8-21-9-7-19)14-25(3)13-16-11-23-18(20-2)24-12-16/h4-5,10-12,21H,6-9,13-14H2,1-3H3,(H,20,23,24). The fourth-order valence-corrected chi connectivity index (χ4v) is 3.63. The molecule has 0 saturated carbocycles. The van der Waals surface area contributed by atoms with Gasteiger partial charge in [-0.15, -0.1) is 0 Å². The zero-order valence-corrected chi connectivity index (χ0v) is 15.4. The molecule has 1 aliphatic rings. The van der Waals surface area contributed by atoms with E-state index in [1.807, 2.05) is 25.6 Å². The van der Waals surface area contributed by atoms with E-state index in [-0.39, 0.29) is 5.41 Å². The van der Waals surface area contributed by atoms with Crippen LogP contribution in [0.4, 0.5) is 5.95 Å². The summed E-state index contributed by atoms with van der Waals surface area (Å²) in [6, 6.07) is 4.38. The van der Waals surface area contributed by atoms with Crippen molar-refractivity contribution in [3.05, 3.63) is 47.5 Å². The van der Waals surface area contributed by atoms with Gasteiger partial charge in [-0.2, -0.15) is 0 Å². The number of aryl methyl sites for hydroxylation is 1. The van der Waals surface area contributed by atoms with Crippen LogP contribution in [0.1, 0.15) is 29.7 Å². The van der Waals surface area contributed by atoms with Crippen molar-refractivity contribution in [1.29, 1.82) is 0 Å². The van der Waals surface area contributed by atoms with Crippen LogP contribution in [0.2, 0.25) is 0 Å². The summed E-state index contributed by atoms with van der Waals surface area (Å²) < 4.78 is 0. The second kappa shape index (κ2) is 7.89. The average molecular weight is 340 g/mol. The highest BCUT2D eigenvalue weighted by molar-refractivity contribution is 5.24. The molecule has 6 nitrogen and oxygen atoms in total. The van der Waals surface area contributed by atoms with Gasteiger partial charge in [-0.25, -0.2) is 9.97 Å². The van der Waals surface area contributed by atoms with Crippen LogP contribution < -0.4 is 10.6 Å². The maximum Gasteiger partial charge on any atom is 0.222 e. The molecule has 2 N–H and O–H groups in total. The van der Waals surface area contributed by atoms with Crippen LogP contribution in [0, 0.1) is 6.92 Å². The van der Waals surface area contributed by atoms with Gasteiger partial charge in [-0.3, -0.25) is 4.98 Å². The monoisotopic (exact) mass is 340 g/mol. The molecule has 0 atom stereocenters. The quantitative estimate of drug-likeness (QED) is 0.838. The topological polar surface area (TPSA) is 66.0 Å². The molecule has 0 aromatic carbocycles. The number of nitrogens with one attached hydrogen (secondary N) is 2. The van der Waals surface area contributed by atoms with Crippen LogP contribution in [0.15, 0.2) is 30.7 Å². The molecular weight excluding hydrogens is 312 g/mol. The molecule has 2 aromatic heterocycles. The number of likely N-dealkylation sites (N-methyl/N-ethyl adjacent to an activating group) is 1. The first-order valence-electron chi connectivity index (χ1n) is 8.92. The Balaban J connectivity index is 1.74. The molecule has 1 fully saturated rings. The summed E-state index contributed by atoms with van der Waals surface area (Å²) >= 11 is 0. The lowest BCUT2D eigenvalue weighted by atomic mass is 9.75. The van der Waals surface area contributed by atoms with E-state index in [2.05, 4.69) is 51.6 Å². The van der Waals surface area contributed by atoms with Crippen molar-refractivity contribution in [2.75, 3.05) is 39.0 Å². The van der Waals surface area contributed by atoms with E-state index in [4.69, 9.17) is 4.98 Å². The molecule has 0 aliphatic carbocycles. The van der Waals surface area contributed by atoms with E-state index in [0.717, 1.165) is 44.6 Å². The van der Waals surface area contributed by atoms with Gasteiger partial charge in [0.15, 0.2) is 0 Å². The molecule has 1 saturated heterocycles. The van der Waals surface area contributed by atoms with Crippen molar-refractivity contribution >= 4 is 5.95 Å². The Hall–Kier alpha value is -2.05. The first-order chi connectivity index (χ1) is 12.1. The smallest absolute Gasteiger partial charge is 0.222 e. The van der Waals surface area contributed by atoms with Crippen molar-refractivity contribution in [3.8, 4) is 0 Å².